The zero-order chi connectivity index (χ0) is 15.7. The number of carbonyl (C=O) groups excluding carboxylic acids is 1. The first kappa shape index (κ1) is 15.3. The van der Waals surface area contributed by atoms with Crippen molar-refractivity contribution in [3.8, 4) is 5.75 Å². The number of methoxy groups -OCH3 is 1. The van der Waals surface area contributed by atoms with Crippen LogP contribution in [0.15, 0.2) is 18.3 Å². The first-order chi connectivity index (χ1) is 9.86. The number of rotatable bonds is 4. The summed E-state index contributed by atoms with van der Waals surface area (Å²) in [6.07, 6.45) is 1.60. The zero-order valence-electron chi connectivity index (χ0n) is 13.5. The van der Waals surface area contributed by atoms with Gasteiger partial charge in [-0.15, -0.1) is 0 Å². The van der Waals surface area contributed by atoms with E-state index in [1.54, 1.807) is 18.0 Å². The average Bonchev–Trinajstić information content (AvgIpc) is 2.80. The molecule has 0 spiro atoms. The Morgan fingerprint density at radius 1 is 1.19 bits per heavy atom. The molecule has 1 aromatic heterocycles. The van der Waals surface area contributed by atoms with Gasteiger partial charge in [0.25, 0.3) is 0 Å². The topological polar surface area (TPSA) is 44.1 Å². The summed E-state index contributed by atoms with van der Waals surface area (Å²) in [5.41, 5.74) is 4.38. The van der Waals surface area contributed by atoms with Gasteiger partial charge in [-0.25, -0.2) is 0 Å². The molecule has 1 heterocycles. The van der Waals surface area contributed by atoms with Crippen molar-refractivity contribution in [2.75, 3.05) is 7.11 Å². The number of carbonyl (C=O) groups is 1. The Bertz CT molecular complexity index is 661. The lowest BCUT2D eigenvalue weighted by Crippen LogP contribution is -2.16. The van der Waals surface area contributed by atoms with Crippen molar-refractivity contribution in [3.05, 3.63) is 46.3 Å². The van der Waals surface area contributed by atoms with Gasteiger partial charge in [0.2, 0.25) is 5.78 Å². The predicted molar refractivity (Wildman–Crippen MR) is 83.2 cm³/mol. The van der Waals surface area contributed by atoms with E-state index in [1.807, 2.05) is 46.8 Å². The molecule has 0 aliphatic heterocycles. The van der Waals surface area contributed by atoms with Crippen molar-refractivity contribution in [1.82, 2.24) is 9.78 Å². The van der Waals surface area contributed by atoms with Crippen LogP contribution in [0.4, 0.5) is 0 Å². The van der Waals surface area contributed by atoms with E-state index in [1.165, 1.54) is 0 Å². The van der Waals surface area contributed by atoms with Crippen LogP contribution in [0.5, 0.6) is 5.75 Å². The number of benzene rings is 1. The van der Waals surface area contributed by atoms with Gasteiger partial charge in [0, 0.05) is 11.6 Å². The maximum Gasteiger partial charge on any atom is 0.215 e. The lowest BCUT2D eigenvalue weighted by molar-refractivity contribution is 0.102. The first-order valence-electron chi connectivity index (χ1n) is 7.10. The molecule has 2 aromatic rings. The predicted octanol–water partition coefficient (Wildman–Crippen LogP) is 3.63. The van der Waals surface area contributed by atoms with Gasteiger partial charge in [0.15, 0.2) is 11.4 Å². The van der Waals surface area contributed by atoms with Gasteiger partial charge in [0.05, 0.1) is 13.3 Å². The molecule has 0 fully saturated rings. The summed E-state index contributed by atoms with van der Waals surface area (Å²) in [5, 5.41) is 4.28. The van der Waals surface area contributed by atoms with Crippen LogP contribution < -0.4 is 4.74 Å². The Morgan fingerprint density at radius 3 is 2.24 bits per heavy atom. The van der Waals surface area contributed by atoms with E-state index >= 15 is 0 Å². The maximum absolute atomic E-state index is 13.0. The molecule has 21 heavy (non-hydrogen) atoms. The number of ketones is 1. The zero-order valence-corrected chi connectivity index (χ0v) is 13.5. The van der Waals surface area contributed by atoms with Gasteiger partial charge in [-0.3, -0.25) is 9.48 Å². The molecule has 0 amide bonds. The molecule has 0 bridgehead atoms. The van der Waals surface area contributed by atoms with Gasteiger partial charge in [-0.2, -0.15) is 5.10 Å². The van der Waals surface area contributed by atoms with Crippen molar-refractivity contribution >= 4 is 5.78 Å². The Labute approximate surface area is 125 Å². The number of aromatic nitrogens is 2. The minimum Gasteiger partial charge on any atom is -0.493 e. The molecule has 0 aliphatic carbocycles. The number of nitrogens with zero attached hydrogens (tertiary/aromatic N) is 2. The highest BCUT2D eigenvalue weighted by Gasteiger charge is 2.24. The maximum atomic E-state index is 13.0. The second-order valence-electron chi connectivity index (χ2n) is 5.70. The molecule has 0 radical (unpaired) electrons. The van der Waals surface area contributed by atoms with Gasteiger partial charge in [-0.1, -0.05) is 17.7 Å². The van der Waals surface area contributed by atoms with Crippen molar-refractivity contribution in [3.63, 3.8) is 0 Å². The monoisotopic (exact) mass is 286 g/mol. The number of ether oxygens (including phenoxy) is 1. The lowest BCUT2D eigenvalue weighted by atomic mass is 9.95. The van der Waals surface area contributed by atoms with Crippen LogP contribution in [0.1, 0.15) is 52.6 Å². The summed E-state index contributed by atoms with van der Waals surface area (Å²) in [7, 11) is 1.56. The summed E-state index contributed by atoms with van der Waals surface area (Å²) < 4.78 is 7.04. The third-order valence-electron chi connectivity index (χ3n) is 3.59. The second-order valence-corrected chi connectivity index (χ2v) is 5.70. The van der Waals surface area contributed by atoms with E-state index in [-0.39, 0.29) is 11.8 Å². The molecular formula is C17H22N2O2. The molecule has 1 aromatic carbocycles. The fraction of sp³-hybridized carbons (Fsp3) is 0.412. The van der Waals surface area contributed by atoms with Crippen molar-refractivity contribution in [1.29, 1.82) is 0 Å². The molecule has 0 unspecified atom stereocenters. The molecule has 4 nitrogen and oxygen atoms in total. The van der Waals surface area contributed by atoms with E-state index in [4.69, 9.17) is 4.74 Å². The third kappa shape index (κ3) is 2.71. The minimum atomic E-state index is -0.0342. The van der Waals surface area contributed by atoms with E-state index < -0.39 is 0 Å². The molecule has 2 rings (SSSR count). The van der Waals surface area contributed by atoms with Gasteiger partial charge in [0.1, 0.15) is 0 Å². The van der Waals surface area contributed by atoms with Crippen LogP contribution in [0.2, 0.25) is 0 Å². The normalized spacial score (nSPS) is 11.0. The Balaban J connectivity index is 2.63. The fourth-order valence-corrected chi connectivity index (χ4v) is 2.76. The van der Waals surface area contributed by atoms with Crippen LogP contribution in [0.25, 0.3) is 0 Å². The highest BCUT2D eigenvalue weighted by Crippen LogP contribution is 2.27. The molecule has 112 valence electrons. The largest absolute Gasteiger partial charge is 0.493 e. The number of hydrogen-bond acceptors (Lipinski definition) is 3. The highest BCUT2D eigenvalue weighted by molar-refractivity contribution is 6.11. The van der Waals surface area contributed by atoms with Crippen LogP contribution in [0.3, 0.4) is 0 Å². The molecule has 0 saturated heterocycles. The van der Waals surface area contributed by atoms with Crippen molar-refractivity contribution < 1.29 is 9.53 Å². The quantitative estimate of drug-likeness (QED) is 0.806. The van der Waals surface area contributed by atoms with E-state index in [0.29, 0.717) is 11.4 Å². The van der Waals surface area contributed by atoms with Gasteiger partial charge in [-0.05, 0) is 45.7 Å². The summed E-state index contributed by atoms with van der Waals surface area (Å²) in [4.78, 5) is 13.0. The lowest BCUT2D eigenvalue weighted by Gasteiger charge is -2.14. The Morgan fingerprint density at radius 2 is 1.76 bits per heavy atom. The minimum absolute atomic E-state index is 0.0342. The first-order valence-corrected chi connectivity index (χ1v) is 7.10. The summed E-state index contributed by atoms with van der Waals surface area (Å²) in [6, 6.07) is 4.16. The van der Waals surface area contributed by atoms with Crippen LogP contribution in [-0.2, 0) is 0 Å². The molecule has 0 N–H and O–H groups in total. The smallest absolute Gasteiger partial charge is 0.215 e. The van der Waals surface area contributed by atoms with E-state index in [0.717, 1.165) is 22.3 Å². The van der Waals surface area contributed by atoms with Crippen LogP contribution in [-0.4, -0.2) is 22.7 Å². The molecule has 0 saturated carbocycles. The fourth-order valence-electron chi connectivity index (χ4n) is 2.76. The van der Waals surface area contributed by atoms with Gasteiger partial charge < -0.3 is 4.74 Å². The molecule has 0 aliphatic rings. The number of aryl methyl sites for hydroxylation is 3. The summed E-state index contributed by atoms with van der Waals surface area (Å²) in [5.74, 6) is 0.487. The molecular weight excluding hydrogens is 264 g/mol. The van der Waals surface area contributed by atoms with Crippen molar-refractivity contribution in [2.24, 2.45) is 0 Å². The highest BCUT2D eigenvalue weighted by atomic mass is 16.5. The average molecular weight is 286 g/mol. The summed E-state index contributed by atoms with van der Waals surface area (Å²) in [6.45, 7) is 9.97. The van der Waals surface area contributed by atoms with Crippen molar-refractivity contribution in [2.45, 2.75) is 40.7 Å². The second kappa shape index (κ2) is 5.72. The van der Waals surface area contributed by atoms with Gasteiger partial charge >= 0.3 is 0 Å². The summed E-state index contributed by atoms with van der Waals surface area (Å²) >= 11 is 0. The van der Waals surface area contributed by atoms with Crippen LogP contribution in [0, 0.1) is 20.8 Å². The SMILES string of the molecule is COc1cnn(C(C)C)c1C(=O)c1c(C)cc(C)cc1C. The van der Waals surface area contributed by atoms with E-state index in [9.17, 15) is 4.79 Å². The Kier molecular flexibility index (Phi) is 4.16. The molecule has 0 atom stereocenters. The van der Waals surface area contributed by atoms with E-state index in [2.05, 4.69) is 5.10 Å². The number of hydrogen-bond donors (Lipinski definition) is 0. The molecule has 4 heteroatoms. The third-order valence-corrected chi connectivity index (χ3v) is 3.59. The Hall–Kier alpha value is -2.10. The van der Waals surface area contributed by atoms with Crippen LogP contribution >= 0.6 is 0 Å². The standard InChI is InChI=1S/C17H22N2O2/c1-10(2)19-16(14(21-6)9-18-19)17(20)15-12(4)7-11(3)8-13(15)5/h7-10H,1-6H3.